The van der Waals surface area contributed by atoms with E-state index in [1.54, 1.807) is 18.3 Å². The van der Waals surface area contributed by atoms with E-state index in [9.17, 15) is 4.79 Å². The molecular weight excluding hydrogens is 426 g/mol. The molecule has 6 heteroatoms. The number of carbonyl (C=O) groups is 1. The molecule has 0 aliphatic carbocycles. The van der Waals surface area contributed by atoms with Crippen molar-refractivity contribution in [2.45, 2.75) is 33.3 Å². The third-order valence-corrected chi connectivity index (χ3v) is 6.49. The first-order valence-corrected chi connectivity index (χ1v) is 11.9. The summed E-state index contributed by atoms with van der Waals surface area (Å²) in [5.74, 6) is 0.309. The number of pyridine rings is 1. The van der Waals surface area contributed by atoms with Crippen LogP contribution < -0.4 is 14.5 Å². The summed E-state index contributed by atoms with van der Waals surface area (Å²) in [5.41, 5.74) is 4.67. The lowest BCUT2D eigenvalue weighted by atomic mass is 9.80. The highest BCUT2D eigenvalue weighted by Gasteiger charge is 2.52. The highest BCUT2D eigenvalue weighted by atomic mass is 16.6. The number of esters is 1. The highest BCUT2D eigenvalue weighted by molar-refractivity contribution is 5.96. The summed E-state index contributed by atoms with van der Waals surface area (Å²) in [7, 11) is 4.02. The molecule has 0 spiro atoms. The molecule has 2 heterocycles. The van der Waals surface area contributed by atoms with Gasteiger partial charge in [-0.05, 0) is 69.7 Å². The van der Waals surface area contributed by atoms with E-state index in [4.69, 9.17) is 9.47 Å². The first-order chi connectivity index (χ1) is 16.4. The predicted octanol–water partition coefficient (Wildman–Crippen LogP) is 5.16. The maximum absolute atomic E-state index is 13.1. The first-order valence-electron chi connectivity index (χ1n) is 11.9. The molecule has 3 aromatic rings. The van der Waals surface area contributed by atoms with Crippen molar-refractivity contribution < 1.29 is 14.3 Å². The third-order valence-electron chi connectivity index (χ3n) is 6.49. The minimum Gasteiger partial charge on any atom is -0.493 e. The van der Waals surface area contributed by atoms with Gasteiger partial charge in [0.2, 0.25) is 5.60 Å². The summed E-state index contributed by atoms with van der Waals surface area (Å²) in [6.07, 6.45) is 1.71. The summed E-state index contributed by atoms with van der Waals surface area (Å²) in [6, 6.07) is 15.9. The number of ether oxygens (including phenoxy) is 2. The normalized spacial score (nSPS) is 16.7. The Labute approximate surface area is 202 Å². The molecule has 34 heavy (non-hydrogen) atoms. The minimum atomic E-state index is -1.20. The fourth-order valence-corrected chi connectivity index (χ4v) is 4.79. The molecule has 4 rings (SSSR count). The molecule has 1 aliphatic rings. The summed E-state index contributed by atoms with van der Waals surface area (Å²) in [4.78, 5) is 22.1. The van der Waals surface area contributed by atoms with Crippen LogP contribution in [0.2, 0.25) is 0 Å². The molecule has 178 valence electrons. The van der Waals surface area contributed by atoms with Gasteiger partial charge in [-0.1, -0.05) is 6.07 Å². The van der Waals surface area contributed by atoms with Crippen molar-refractivity contribution in [1.82, 2.24) is 4.98 Å². The van der Waals surface area contributed by atoms with Crippen LogP contribution in [-0.4, -0.2) is 44.7 Å². The zero-order valence-electron chi connectivity index (χ0n) is 20.9. The summed E-state index contributed by atoms with van der Waals surface area (Å²) in [6.45, 7) is 10.5. The van der Waals surface area contributed by atoms with Gasteiger partial charge in [0.05, 0.1) is 12.2 Å². The van der Waals surface area contributed by atoms with Crippen LogP contribution in [0.5, 0.6) is 5.75 Å². The van der Waals surface area contributed by atoms with Gasteiger partial charge in [0.1, 0.15) is 11.4 Å². The van der Waals surface area contributed by atoms with E-state index in [0.717, 1.165) is 41.2 Å². The molecule has 1 atom stereocenters. The van der Waals surface area contributed by atoms with Crippen LogP contribution in [0.15, 0.2) is 54.7 Å². The summed E-state index contributed by atoms with van der Waals surface area (Å²) >= 11 is 0. The van der Waals surface area contributed by atoms with Crippen molar-refractivity contribution in [2.24, 2.45) is 0 Å². The van der Waals surface area contributed by atoms with E-state index in [-0.39, 0.29) is 5.97 Å². The summed E-state index contributed by atoms with van der Waals surface area (Å²) < 4.78 is 12.5. The third kappa shape index (κ3) is 3.77. The molecule has 1 unspecified atom stereocenters. The van der Waals surface area contributed by atoms with Gasteiger partial charge in [-0.2, -0.15) is 0 Å². The number of carbonyl (C=O) groups excluding carboxylic acids is 1. The summed E-state index contributed by atoms with van der Waals surface area (Å²) in [5, 5.41) is 0. The van der Waals surface area contributed by atoms with Gasteiger partial charge in [0.15, 0.2) is 0 Å². The van der Waals surface area contributed by atoms with Crippen LogP contribution >= 0.6 is 0 Å². The monoisotopic (exact) mass is 459 g/mol. The molecule has 1 aliphatic heterocycles. The molecule has 0 N–H and O–H groups in total. The number of fused-ring (bicyclic) bond motifs is 1. The van der Waals surface area contributed by atoms with Crippen LogP contribution in [0.3, 0.4) is 0 Å². The van der Waals surface area contributed by atoms with E-state index in [2.05, 4.69) is 40.8 Å². The minimum absolute atomic E-state index is 0.380. The predicted molar refractivity (Wildman–Crippen MR) is 136 cm³/mol. The fourth-order valence-electron chi connectivity index (χ4n) is 4.79. The second kappa shape index (κ2) is 9.37. The van der Waals surface area contributed by atoms with Crippen molar-refractivity contribution >= 4 is 17.3 Å². The molecular formula is C28H33N3O3. The lowest BCUT2D eigenvalue weighted by molar-refractivity contribution is 0.0234. The number of hydrogen-bond acceptors (Lipinski definition) is 6. The number of cyclic esters (lactones) is 1. The number of aryl methyl sites for hydroxylation is 1. The Bertz CT molecular complexity index is 1200. The Balaban J connectivity index is 2.03. The number of anilines is 2. The standard InChI is InChI=1S/C28H33N3O3/c1-7-31(8-2)21-13-15-24(25(18-21)33-9-3)28(23-14-12-20(30(5)6)17-19(23)4)26-22(27(32)34-28)11-10-16-29-26/h10-18H,7-9H2,1-6H3. The average Bonchev–Trinajstić information content (AvgIpc) is 3.13. The molecule has 2 aromatic carbocycles. The largest absolute Gasteiger partial charge is 0.493 e. The van der Waals surface area contributed by atoms with E-state index >= 15 is 0 Å². The molecule has 0 bridgehead atoms. The number of nitrogens with zero attached hydrogens (tertiary/aromatic N) is 3. The Morgan fingerprint density at radius 2 is 1.68 bits per heavy atom. The zero-order chi connectivity index (χ0) is 24.5. The smallest absolute Gasteiger partial charge is 0.341 e. The average molecular weight is 460 g/mol. The molecule has 0 amide bonds. The van der Waals surface area contributed by atoms with Gasteiger partial charge in [-0.3, -0.25) is 4.98 Å². The van der Waals surface area contributed by atoms with Gasteiger partial charge in [-0.25, -0.2) is 4.79 Å². The maximum Gasteiger partial charge on any atom is 0.341 e. The Hall–Kier alpha value is -3.54. The highest BCUT2D eigenvalue weighted by Crippen LogP contribution is 2.50. The molecule has 0 radical (unpaired) electrons. The lowest BCUT2D eigenvalue weighted by Gasteiger charge is -2.33. The molecule has 0 saturated heterocycles. The van der Waals surface area contributed by atoms with Gasteiger partial charge in [0.25, 0.3) is 0 Å². The Morgan fingerprint density at radius 1 is 0.971 bits per heavy atom. The zero-order valence-corrected chi connectivity index (χ0v) is 20.9. The second-order valence-electron chi connectivity index (χ2n) is 8.65. The molecule has 0 fully saturated rings. The first kappa shape index (κ1) is 23.6. The SMILES string of the molecule is CCOc1cc(N(CC)CC)ccc1C1(c2ccc(N(C)C)cc2C)OC(=O)c2cccnc21. The number of aromatic nitrogens is 1. The van der Waals surface area contributed by atoms with Gasteiger partial charge < -0.3 is 19.3 Å². The Morgan fingerprint density at radius 3 is 2.32 bits per heavy atom. The van der Waals surface area contributed by atoms with Gasteiger partial charge >= 0.3 is 5.97 Å². The van der Waals surface area contributed by atoms with Crippen molar-refractivity contribution in [3.63, 3.8) is 0 Å². The molecule has 1 aromatic heterocycles. The fraction of sp³-hybridized carbons (Fsp3) is 0.357. The van der Waals surface area contributed by atoms with E-state index in [1.807, 2.05) is 52.2 Å². The lowest BCUT2D eigenvalue weighted by Crippen LogP contribution is -2.32. The van der Waals surface area contributed by atoms with Crippen molar-refractivity contribution in [3.05, 3.63) is 82.7 Å². The van der Waals surface area contributed by atoms with Crippen LogP contribution in [0.4, 0.5) is 11.4 Å². The van der Waals surface area contributed by atoms with E-state index < -0.39 is 5.60 Å². The van der Waals surface area contributed by atoms with Crippen molar-refractivity contribution in [1.29, 1.82) is 0 Å². The van der Waals surface area contributed by atoms with Crippen molar-refractivity contribution in [3.8, 4) is 5.75 Å². The van der Waals surface area contributed by atoms with Crippen LogP contribution in [0.1, 0.15) is 53.5 Å². The Kier molecular flexibility index (Phi) is 6.51. The molecule has 0 saturated carbocycles. The van der Waals surface area contributed by atoms with Gasteiger partial charge in [-0.15, -0.1) is 0 Å². The topological polar surface area (TPSA) is 54.9 Å². The number of rotatable bonds is 8. The van der Waals surface area contributed by atoms with Crippen molar-refractivity contribution in [2.75, 3.05) is 43.6 Å². The van der Waals surface area contributed by atoms with E-state index in [1.165, 1.54) is 0 Å². The van der Waals surface area contributed by atoms with Crippen LogP contribution in [0, 0.1) is 6.92 Å². The van der Waals surface area contributed by atoms with Crippen LogP contribution in [0.25, 0.3) is 0 Å². The van der Waals surface area contributed by atoms with Crippen LogP contribution in [-0.2, 0) is 10.3 Å². The number of hydrogen-bond donors (Lipinski definition) is 0. The quantitative estimate of drug-likeness (QED) is 0.434. The number of benzene rings is 2. The van der Waals surface area contributed by atoms with Gasteiger partial charge in [0, 0.05) is 61.9 Å². The second-order valence-corrected chi connectivity index (χ2v) is 8.65. The molecule has 6 nitrogen and oxygen atoms in total. The van der Waals surface area contributed by atoms with E-state index in [0.29, 0.717) is 23.6 Å². The maximum atomic E-state index is 13.1.